The molecule has 0 spiro atoms. The van der Waals surface area contributed by atoms with Crippen LogP contribution in [0.15, 0.2) is 12.1 Å². The average Bonchev–Trinajstić information content (AvgIpc) is 2.18. The molecule has 15 heavy (non-hydrogen) atoms. The average molecular weight is 209 g/mol. The largest absolute Gasteiger partial charge is 0.486 e. The number of hydrogen-bond donors (Lipinski definition) is 3. The summed E-state index contributed by atoms with van der Waals surface area (Å²) in [6.45, 7) is 0.974. The maximum Gasteiger partial charge on any atom is 0.316 e. The third-order valence-corrected chi connectivity index (χ3v) is 1.97. The molecule has 1 heterocycles. The second-order valence-electron chi connectivity index (χ2n) is 3.07. The standard InChI is InChI=1S/C9H11N3O3/c10-5-3-7-8(15-2-1-14-7)4-6(5)12-9(11)13/h3-4H,1-2,10H2,(H3,11,12,13). The number of anilines is 2. The number of fused-ring (bicyclic) bond motifs is 1. The summed E-state index contributed by atoms with van der Waals surface area (Å²) >= 11 is 0. The highest BCUT2D eigenvalue weighted by atomic mass is 16.6. The smallest absolute Gasteiger partial charge is 0.316 e. The highest BCUT2D eigenvalue weighted by Gasteiger charge is 2.14. The zero-order chi connectivity index (χ0) is 10.8. The van der Waals surface area contributed by atoms with Crippen molar-refractivity contribution in [2.45, 2.75) is 0 Å². The van der Waals surface area contributed by atoms with Gasteiger partial charge in [-0.15, -0.1) is 0 Å². The molecule has 0 aliphatic carbocycles. The Labute approximate surface area is 86.1 Å². The maximum absolute atomic E-state index is 10.7. The SMILES string of the molecule is NC(=O)Nc1cc2c(cc1N)OCCO2. The lowest BCUT2D eigenvalue weighted by Gasteiger charge is -2.20. The summed E-state index contributed by atoms with van der Waals surface area (Å²) in [5, 5.41) is 2.40. The third kappa shape index (κ3) is 1.88. The van der Waals surface area contributed by atoms with Crippen LogP contribution in [0.25, 0.3) is 0 Å². The third-order valence-electron chi connectivity index (χ3n) is 1.97. The highest BCUT2D eigenvalue weighted by molar-refractivity contribution is 5.92. The number of carbonyl (C=O) groups excluding carboxylic acids is 1. The van der Waals surface area contributed by atoms with Crippen LogP contribution < -0.4 is 26.3 Å². The Bertz CT molecular complexity index is 406. The van der Waals surface area contributed by atoms with Crippen molar-refractivity contribution in [1.82, 2.24) is 0 Å². The van der Waals surface area contributed by atoms with Gasteiger partial charge in [0.1, 0.15) is 13.2 Å². The number of nitrogen functional groups attached to an aromatic ring is 1. The lowest BCUT2D eigenvalue weighted by atomic mass is 10.2. The Balaban J connectivity index is 2.36. The monoisotopic (exact) mass is 209 g/mol. The number of hydrogen-bond acceptors (Lipinski definition) is 4. The van der Waals surface area contributed by atoms with E-state index in [0.29, 0.717) is 36.1 Å². The molecule has 0 unspecified atom stereocenters. The van der Waals surface area contributed by atoms with Gasteiger partial charge in [0.25, 0.3) is 0 Å². The topological polar surface area (TPSA) is 99.6 Å². The molecular weight excluding hydrogens is 198 g/mol. The molecule has 1 aliphatic heterocycles. The van der Waals surface area contributed by atoms with E-state index >= 15 is 0 Å². The summed E-state index contributed by atoms with van der Waals surface area (Å²) in [6, 6.07) is 2.52. The second kappa shape index (κ2) is 3.56. The molecule has 6 nitrogen and oxygen atoms in total. The molecule has 1 aromatic rings. The lowest BCUT2D eigenvalue weighted by Crippen LogP contribution is -2.21. The molecule has 0 radical (unpaired) electrons. The number of urea groups is 1. The van der Waals surface area contributed by atoms with Gasteiger partial charge >= 0.3 is 6.03 Å². The van der Waals surface area contributed by atoms with E-state index in [4.69, 9.17) is 20.9 Å². The van der Waals surface area contributed by atoms with Gasteiger partial charge in [-0.2, -0.15) is 0 Å². The van der Waals surface area contributed by atoms with Crippen LogP contribution >= 0.6 is 0 Å². The first-order valence-electron chi connectivity index (χ1n) is 4.42. The molecule has 0 aromatic heterocycles. The van der Waals surface area contributed by atoms with E-state index in [2.05, 4.69) is 5.32 Å². The molecule has 0 saturated heterocycles. The van der Waals surface area contributed by atoms with Crippen molar-refractivity contribution in [2.75, 3.05) is 24.3 Å². The summed E-state index contributed by atoms with van der Waals surface area (Å²) in [4.78, 5) is 10.7. The Morgan fingerprint density at radius 3 is 2.47 bits per heavy atom. The molecule has 6 heteroatoms. The number of nitrogens with one attached hydrogen (secondary N) is 1. The van der Waals surface area contributed by atoms with E-state index in [1.807, 2.05) is 0 Å². The number of benzene rings is 1. The molecule has 0 atom stereocenters. The van der Waals surface area contributed by atoms with Crippen molar-refractivity contribution < 1.29 is 14.3 Å². The van der Waals surface area contributed by atoms with Crippen LogP contribution in [0.5, 0.6) is 11.5 Å². The van der Waals surface area contributed by atoms with E-state index in [9.17, 15) is 4.79 Å². The molecular formula is C9H11N3O3. The number of ether oxygens (including phenoxy) is 2. The van der Waals surface area contributed by atoms with Gasteiger partial charge in [-0.25, -0.2) is 4.79 Å². The van der Waals surface area contributed by atoms with Crippen LogP contribution in [0.1, 0.15) is 0 Å². The van der Waals surface area contributed by atoms with Gasteiger partial charge in [0.15, 0.2) is 11.5 Å². The van der Waals surface area contributed by atoms with Gasteiger partial charge in [-0.3, -0.25) is 0 Å². The van der Waals surface area contributed by atoms with Gasteiger partial charge < -0.3 is 26.3 Å². The highest BCUT2D eigenvalue weighted by Crippen LogP contribution is 2.36. The predicted octanol–water partition coefficient (Wildman–Crippen LogP) is 0.531. The van der Waals surface area contributed by atoms with Crippen molar-refractivity contribution in [1.29, 1.82) is 0 Å². The van der Waals surface area contributed by atoms with Crippen LogP contribution in [0, 0.1) is 0 Å². The van der Waals surface area contributed by atoms with E-state index in [1.54, 1.807) is 12.1 Å². The molecule has 80 valence electrons. The zero-order valence-corrected chi connectivity index (χ0v) is 7.95. The van der Waals surface area contributed by atoms with Crippen LogP contribution in [0.2, 0.25) is 0 Å². The predicted molar refractivity (Wildman–Crippen MR) is 55.1 cm³/mol. The van der Waals surface area contributed by atoms with Gasteiger partial charge in [0.05, 0.1) is 11.4 Å². The molecule has 0 fully saturated rings. The Kier molecular flexibility index (Phi) is 2.24. The minimum Gasteiger partial charge on any atom is -0.486 e. The molecule has 1 aliphatic rings. The van der Waals surface area contributed by atoms with Crippen molar-refractivity contribution in [3.8, 4) is 11.5 Å². The fourth-order valence-electron chi connectivity index (χ4n) is 1.35. The molecule has 5 N–H and O–H groups in total. The fraction of sp³-hybridized carbons (Fsp3) is 0.222. The number of nitrogens with two attached hydrogens (primary N) is 2. The first-order valence-corrected chi connectivity index (χ1v) is 4.42. The van der Waals surface area contributed by atoms with E-state index in [0.717, 1.165) is 0 Å². The zero-order valence-electron chi connectivity index (χ0n) is 7.95. The van der Waals surface area contributed by atoms with Gasteiger partial charge in [0, 0.05) is 12.1 Å². The van der Waals surface area contributed by atoms with Crippen molar-refractivity contribution in [2.24, 2.45) is 5.73 Å². The summed E-state index contributed by atoms with van der Waals surface area (Å²) in [7, 11) is 0. The number of rotatable bonds is 1. The van der Waals surface area contributed by atoms with Crippen LogP contribution in [0.3, 0.4) is 0 Å². The molecule has 2 rings (SSSR count). The number of amides is 2. The summed E-state index contributed by atoms with van der Waals surface area (Å²) < 4.78 is 10.6. The van der Waals surface area contributed by atoms with E-state index in [1.165, 1.54) is 0 Å². The normalized spacial score (nSPS) is 13.3. The van der Waals surface area contributed by atoms with Crippen molar-refractivity contribution in [3.63, 3.8) is 0 Å². The Hall–Kier alpha value is -2.11. The molecule has 2 amide bonds. The summed E-state index contributed by atoms with van der Waals surface area (Å²) in [5.41, 5.74) is 11.5. The van der Waals surface area contributed by atoms with Crippen molar-refractivity contribution >= 4 is 17.4 Å². The summed E-state index contributed by atoms with van der Waals surface area (Å²) in [6.07, 6.45) is 0. The minimum absolute atomic E-state index is 0.387. The molecule has 0 saturated carbocycles. The maximum atomic E-state index is 10.7. The minimum atomic E-state index is -0.668. The van der Waals surface area contributed by atoms with E-state index in [-0.39, 0.29) is 0 Å². The van der Waals surface area contributed by atoms with Gasteiger partial charge in [0.2, 0.25) is 0 Å². The quantitative estimate of drug-likeness (QED) is 0.587. The Morgan fingerprint density at radius 1 is 1.27 bits per heavy atom. The van der Waals surface area contributed by atoms with Crippen molar-refractivity contribution in [3.05, 3.63) is 12.1 Å². The molecule has 0 bridgehead atoms. The number of carbonyl (C=O) groups is 1. The lowest BCUT2D eigenvalue weighted by molar-refractivity contribution is 0.172. The van der Waals surface area contributed by atoms with Crippen LogP contribution in [0.4, 0.5) is 16.2 Å². The van der Waals surface area contributed by atoms with Gasteiger partial charge in [-0.05, 0) is 0 Å². The van der Waals surface area contributed by atoms with E-state index < -0.39 is 6.03 Å². The first kappa shape index (κ1) is 9.45. The fourth-order valence-corrected chi connectivity index (χ4v) is 1.35. The number of primary amides is 1. The van der Waals surface area contributed by atoms with Crippen LogP contribution in [-0.4, -0.2) is 19.2 Å². The van der Waals surface area contributed by atoms with Crippen LogP contribution in [-0.2, 0) is 0 Å². The second-order valence-corrected chi connectivity index (χ2v) is 3.07. The van der Waals surface area contributed by atoms with Gasteiger partial charge in [-0.1, -0.05) is 0 Å². The Morgan fingerprint density at radius 2 is 1.87 bits per heavy atom. The first-order chi connectivity index (χ1) is 7.16. The summed E-state index contributed by atoms with van der Waals surface area (Å²) in [5.74, 6) is 1.13. The molecule has 1 aromatic carbocycles.